The number of carbonyl (C=O) groups excluding carboxylic acids is 1. The van der Waals surface area contributed by atoms with Crippen LogP contribution in [0.25, 0.3) is 21.8 Å². The highest BCUT2D eigenvalue weighted by Gasteiger charge is 2.13. The summed E-state index contributed by atoms with van der Waals surface area (Å²) >= 11 is 0. The van der Waals surface area contributed by atoms with E-state index in [1.54, 1.807) is 60.7 Å². The monoisotopic (exact) mass is 523 g/mol. The number of hydrogen-bond acceptors (Lipinski definition) is 5. The number of hydrazone groups is 1. The van der Waals surface area contributed by atoms with Gasteiger partial charge in [-0.25, -0.2) is 9.82 Å². The lowest BCUT2D eigenvalue weighted by atomic mass is 10.1. The molecule has 1 aromatic heterocycles. The zero-order chi connectivity index (χ0) is 27.2. The summed E-state index contributed by atoms with van der Waals surface area (Å²) in [5.74, 6) is 0.270. The van der Waals surface area contributed by atoms with Crippen LogP contribution in [0.4, 0.5) is 4.39 Å². The van der Waals surface area contributed by atoms with Gasteiger partial charge in [0.1, 0.15) is 19.0 Å². The maximum absolute atomic E-state index is 13.9. The van der Waals surface area contributed by atoms with Crippen molar-refractivity contribution in [1.29, 1.82) is 0 Å². The Hall–Kier alpha value is -4.98. The van der Waals surface area contributed by atoms with E-state index >= 15 is 0 Å². The van der Waals surface area contributed by atoms with Gasteiger partial charge in [0.25, 0.3) is 5.91 Å². The number of hydrogen-bond donors (Lipinski definition) is 1. The van der Waals surface area contributed by atoms with Crippen molar-refractivity contribution in [3.63, 3.8) is 0 Å². The highest BCUT2D eigenvalue weighted by atomic mass is 19.1. The summed E-state index contributed by atoms with van der Waals surface area (Å²) in [4.78, 5) is 25.8. The van der Waals surface area contributed by atoms with E-state index in [2.05, 4.69) is 10.5 Å². The summed E-state index contributed by atoms with van der Waals surface area (Å²) in [6.45, 7) is 2.30. The first kappa shape index (κ1) is 25.7. The van der Waals surface area contributed by atoms with Crippen LogP contribution in [0.5, 0.6) is 11.5 Å². The molecule has 0 unspecified atom stereocenters. The van der Waals surface area contributed by atoms with Crippen LogP contribution in [0.3, 0.4) is 0 Å². The zero-order valence-electron chi connectivity index (χ0n) is 21.3. The average molecular weight is 524 g/mol. The van der Waals surface area contributed by atoms with Crippen LogP contribution in [0.15, 0.2) is 101 Å². The molecule has 4 aromatic carbocycles. The summed E-state index contributed by atoms with van der Waals surface area (Å²) in [7, 11) is 0. The van der Waals surface area contributed by atoms with Crippen molar-refractivity contribution in [3.8, 4) is 11.5 Å². The summed E-state index contributed by atoms with van der Waals surface area (Å²) < 4.78 is 27.2. The Balaban J connectivity index is 1.31. The minimum Gasteiger partial charge on any atom is -0.490 e. The van der Waals surface area contributed by atoms with Gasteiger partial charge in [0.05, 0.1) is 23.9 Å². The highest BCUT2D eigenvalue weighted by Crippen LogP contribution is 2.29. The predicted octanol–water partition coefficient (Wildman–Crippen LogP) is 5.42. The average Bonchev–Trinajstić information content (AvgIpc) is 2.96. The second-order valence-electron chi connectivity index (χ2n) is 8.76. The van der Waals surface area contributed by atoms with Gasteiger partial charge in [-0.3, -0.25) is 9.59 Å². The van der Waals surface area contributed by atoms with Crippen molar-refractivity contribution in [3.05, 3.63) is 118 Å². The lowest BCUT2D eigenvalue weighted by Gasteiger charge is -2.14. The number of nitrogens with one attached hydrogen (secondary N) is 1. The maximum atomic E-state index is 13.9. The summed E-state index contributed by atoms with van der Waals surface area (Å²) in [5.41, 5.74) is 4.96. The first-order valence-corrected chi connectivity index (χ1v) is 12.5. The first-order chi connectivity index (χ1) is 19.0. The molecule has 0 saturated carbocycles. The molecule has 1 heterocycles. The standard InChI is InChI=1S/C31H26FN3O4/c1-2-38-29-17-21(15-16-28(29)39-20-22-9-3-6-12-25(22)32)18-33-34-30(36)19-35-26-13-7-4-10-23(26)31(37)24-11-5-8-14-27(24)35/h3-18H,2,19-20H2,1H3,(H,34,36)/b33-18-. The van der Waals surface area contributed by atoms with E-state index in [-0.39, 0.29) is 30.3 Å². The Morgan fingerprint density at radius 1 is 0.897 bits per heavy atom. The molecule has 8 heteroatoms. The molecule has 7 nitrogen and oxygen atoms in total. The number of benzene rings is 4. The number of aromatic nitrogens is 1. The van der Waals surface area contributed by atoms with Crippen molar-refractivity contribution in [2.24, 2.45) is 5.10 Å². The van der Waals surface area contributed by atoms with E-state index in [1.807, 2.05) is 35.8 Å². The number of carbonyl (C=O) groups is 1. The molecular formula is C31H26FN3O4. The fraction of sp³-hybridized carbons (Fsp3) is 0.129. The number of para-hydroxylation sites is 2. The van der Waals surface area contributed by atoms with Crippen molar-refractivity contribution < 1.29 is 18.7 Å². The molecule has 0 bridgehead atoms. The van der Waals surface area contributed by atoms with Crippen LogP contribution in [-0.2, 0) is 17.9 Å². The van der Waals surface area contributed by atoms with Crippen LogP contribution in [0.2, 0.25) is 0 Å². The molecule has 0 saturated heterocycles. The quantitative estimate of drug-likeness (QED) is 0.159. The highest BCUT2D eigenvalue weighted by molar-refractivity contribution is 5.95. The Bertz CT molecular complexity index is 1690. The molecule has 0 spiro atoms. The third kappa shape index (κ3) is 5.65. The van der Waals surface area contributed by atoms with E-state index in [0.717, 1.165) is 0 Å². The number of fused-ring (bicyclic) bond motifs is 2. The summed E-state index contributed by atoms with van der Waals surface area (Å²) in [6.07, 6.45) is 1.50. The van der Waals surface area contributed by atoms with Crippen molar-refractivity contribution in [2.75, 3.05) is 6.61 Å². The van der Waals surface area contributed by atoms with Gasteiger partial charge < -0.3 is 14.0 Å². The molecule has 0 fully saturated rings. The Kier molecular flexibility index (Phi) is 7.63. The molecule has 39 heavy (non-hydrogen) atoms. The molecule has 0 aliphatic rings. The molecule has 0 aliphatic carbocycles. The predicted molar refractivity (Wildman–Crippen MR) is 150 cm³/mol. The lowest BCUT2D eigenvalue weighted by Crippen LogP contribution is -2.25. The van der Waals surface area contributed by atoms with E-state index in [4.69, 9.17) is 9.47 Å². The lowest BCUT2D eigenvalue weighted by molar-refractivity contribution is -0.121. The van der Waals surface area contributed by atoms with Gasteiger partial charge in [0.2, 0.25) is 0 Å². The van der Waals surface area contributed by atoms with Crippen molar-refractivity contribution in [1.82, 2.24) is 9.99 Å². The first-order valence-electron chi connectivity index (χ1n) is 12.5. The van der Waals surface area contributed by atoms with Crippen molar-refractivity contribution in [2.45, 2.75) is 20.1 Å². The van der Waals surface area contributed by atoms with Gasteiger partial charge in [-0.2, -0.15) is 5.10 Å². The molecule has 5 aromatic rings. The minimum absolute atomic E-state index is 0.0222. The molecule has 5 rings (SSSR count). The minimum atomic E-state index is -0.347. The second-order valence-corrected chi connectivity index (χ2v) is 8.76. The smallest absolute Gasteiger partial charge is 0.260 e. The second kappa shape index (κ2) is 11.6. The summed E-state index contributed by atoms with van der Waals surface area (Å²) in [6, 6.07) is 26.1. The maximum Gasteiger partial charge on any atom is 0.260 e. The Morgan fingerprint density at radius 3 is 2.26 bits per heavy atom. The molecule has 0 atom stereocenters. The number of pyridine rings is 1. The Morgan fingerprint density at radius 2 is 1.56 bits per heavy atom. The largest absolute Gasteiger partial charge is 0.490 e. The van der Waals surface area contributed by atoms with Crippen LogP contribution < -0.4 is 20.3 Å². The molecule has 0 radical (unpaired) electrons. The topological polar surface area (TPSA) is 81.9 Å². The van der Waals surface area contributed by atoms with E-state index in [9.17, 15) is 14.0 Å². The molecule has 196 valence electrons. The van der Waals surface area contributed by atoms with Crippen LogP contribution in [-0.4, -0.2) is 23.3 Å². The third-order valence-corrected chi connectivity index (χ3v) is 6.19. The number of ether oxygens (including phenoxy) is 2. The van der Waals surface area contributed by atoms with Gasteiger partial charge in [0.15, 0.2) is 16.9 Å². The Labute approximate surface area is 224 Å². The number of amides is 1. The van der Waals surface area contributed by atoms with Gasteiger partial charge in [-0.15, -0.1) is 0 Å². The van der Waals surface area contributed by atoms with Gasteiger partial charge in [-0.05, 0) is 61.0 Å². The summed E-state index contributed by atoms with van der Waals surface area (Å²) in [5, 5.41) is 5.20. The normalized spacial score (nSPS) is 11.2. The van der Waals surface area contributed by atoms with E-state index < -0.39 is 0 Å². The third-order valence-electron chi connectivity index (χ3n) is 6.19. The fourth-order valence-electron chi connectivity index (χ4n) is 4.37. The number of nitrogens with zero attached hydrogens (tertiary/aromatic N) is 2. The molecule has 0 aliphatic heterocycles. The van der Waals surface area contributed by atoms with Gasteiger partial charge in [-0.1, -0.05) is 42.5 Å². The van der Waals surface area contributed by atoms with E-state index in [1.165, 1.54) is 12.3 Å². The van der Waals surface area contributed by atoms with Crippen molar-refractivity contribution >= 4 is 33.9 Å². The van der Waals surface area contributed by atoms with Gasteiger partial charge in [0, 0.05) is 16.3 Å². The van der Waals surface area contributed by atoms with Crippen LogP contribution >= 0.6 is 0 Å². The van der Waals surface area contributed by atoms with E-state index in [0.29, 0.717) is 51.0 Å². The van der Waals surface area contributed by atoms with Gasteiger partial charge >= 0.3 is 0 Å². The fourth-order valence-corrected chi connectivity index (χ4v) is 4.37. The van der Waals surface area contributed by atoms with Crippen LogP contribution in [0, 0.1) is 5.82 Å². The molecule has 1 amide bonds. The number of halogens is 1. The van der Waals surface area contributed by atoms with Crippen LogP contribution in [0.1, 0.15) is 18.1 Å². The molecular weight excluding hydrogens is 497 g/mol. The zero-order valence-corrected chi connectivity index (χ0v) is 21.3. The number of rotatable bonds is 9. The molecule has 1 N–H and O–H groups in total. The SMILES string of the molecule is CCOc1cc(/C=N\NC(=O)Cn2c3ccccc3c(=O)c3ccccc32)ccc1OCc1ccccc1F.